The van der Waals surface area contributed by atoms with Gasteiger partial charge in [-0.25, -0.2) is 9.18 Å². The molecule has 5 heteroatoms. The molecule has 3 rings (SSSR count). The Balaban J connectivity index is 1.60. The van der Waals surface area contributed by atoms with Crippen LogP contribution in [0.2, 0.25) is 0 Å². The smallest absolute Gasteiger partial charge is 0.335 e. The van der Waals surface area contributed by atoms with Crippen molar-refractivity contribution < 1.29 is 19.1 Å². The zero-order valence-corrected chi connectivity index (χ0v) is 13.3. The number of benzene rings is 2. The Hall–Kier alpha value is -2.69. The minimum absolute atomic E-state index is 0.0339. The van der Waals surface area contributed by atoms with E-state index in [1.54, 1.807) is 30.1 Å². The zero-order valence-electron chi connectivity index (χ0n) is 13.3. The highest BCUT2D eigenvalue weighted by atomic mass is 19.1. The van der Waals surface area contributed by atoms with Crippen molar-refractivity contribution in [1.82, 2.24) is 4.90 Å². The molecule has 1 saturated carbocycles. The molecule has 1 fully saturated rings. The van der Waals surface area contributed by atoms with Crippen molar-refractivity contribution in [3.8, 4) is 0 Å². The molecule has 1 N–H and O–H groups in total. The Labute approximate surface area is 139 Å². The average molecular weight is 327 g/mol. The summed E-state index contributed by atoms with van der Waals surface area (Å²) < 4.78 is 13.3. The maximum absolute atomic E-state index is 13.3. The fourth-order valence-electron chi connectivity index (χ4n) is 2.96. The van der Waals surface area contributed by atoms with Crippen molar-refractivity contribution >= 4 is 11.9 Å². The van der Waals surface area contributed by atoms with Crippen molar-refractivity contribution in [3.63, 3.8) is 0 Å². The Morgan fingerprint density at radius 3 is 2.54 bits per heavy atom. The molecule has 0 heterocycles. The molecule has 1 amide bonds. The molecule has 0 aromatic heterocycles. The summed E-state index contributed by atoms with van der Waals surface area (Å²) in [5.41, 5.74) is 1.97. The third-order valence-electron chi connectivity index (χ3n) is 4.38. The van der Waals surface area contributed by atoms with Crippen molar-refractivity contribution in [2.45, 2.75) is 18.9 Å². The normalized spacial score (nSPS) is 18.9. The van der Waals surface area contributed by atoms with E-state index < -0.39 is 5.97 Å². The van der Waals surface area contributed by atoms with E-state index in [0.717, 1.165) is 17.5 Å². The fraction of sp³-hybridized carbons (Fsp3) is 0.263. The molecular weight excluding hydrogens is 309 g/mol. The van der Waals surface area contributed by atoms with Crippen LogP contribution < -0.4 is 0 Å². The molecule has 24 heavy (non-hydrogen) atoms. The Morgan fingerprint density at radius 2 is 1.92 bits per heavy atom. The first-order valence-electron chi connectivity index (χ1n) is 7.78. The third kappa shape index (κ3) is 3.45. The quantitative estimate of drug-likeness (QED) is 0.917. The lowest BCUT2D eigenvalue weighted by Crippen LogP contribution is -2.28. The van der Waals surface area contributed by atoms with Gasteiger partial charge in [0.1, 0.15) is 5.82 Å². The second kappa shape index (κ2) is 6.43. The van der Waals surface area contributed by atoms with Gasteiger partial charge in [-0.05, 0) is 47.7 Å². The molecular formula is C19H18FNO3. The van der Waals surface area contributed by atoms with Gasteiger partial charge >= 0.3 is 5.97 Å². The van der Waals surface area contributed by atoms with Crippen LogP contribution in [0.15, 0.2) is 48.5 Å². The summed E-state index contributed by atoms with van der Waals surface area (Å²) in [5.74, 6) is -1.23. The van der Waals surface area contributed by atoms with Gasteiger partial charge < -0.3 is 10.0 Å². The summed E-state index contributed by atoms with van der Waals surface area (Å²) >= 11 is 0. The van der Waals surface area contributed by atoms with E-state index in [9.17, 15) is 14.0 Å². The number of aromatic carboxylic acids is 1. The van der Waals surface area contributed by atoms with Crippen LogP contribution in [0.5, 0.6) is 0 Å². The second-order valence-electron chi connectivity index (χ2n) is 6.20. The molecule has 1 aliphatic carbocycles. The number of carbonyl (C=O) groups is 2. The maximum Gasteiger partial charge on any atom is 0.335 e. The summed E-state index contributed by atoms with van der Waals surface area (Å²) in [6, 6.07) is 12.9. The van der Waals surface area contributed by atoms with Gasteiger partial charge in [-0.15, -0.1) is 0 Å². The standard InChI is InChI=1S/C19H18FNO3/c1-21(11-12-5-7-13(8-6-12)19(23)24)18(22)17-10-16(17)14-3-2-4-15(20)9-14/h2-9,16-17H,10-11H2,1H3,(H,23,24)/t16-,17-/m0/s1. The predicted molar refractivity (Wildman–Crippen MR) is 87.1 cm³/mol. The lowest BCUT2D eigenvalue weighted by atomic mass is 10.1. The van der Waals surface area contributed by atoms with Gasteiger partial charge in [0.2, 0.25) is 5.91 Å². The Kier molecular flexibility index (Phi) is 4.34. The number of hydrogen-bond acceptors (Lipinski definition) is 2. The number of carbonyl (C=O) groups excluding carboxylic acids is 1. The van der Waals surface area contributed by atoms with Gasteiger partial charge in [-0.1, -0.05) is 24.3 Å². The number of carboxylic acids is 1. The van der Waals surface area contributed by atoms with Gasteiger partial charge in [0.15, 0.2) is 0 Å². The minimum atomic E-state index is -0.970. The van der Waals surface area contributed by atoms with Crippen molar-refractivity contribution in [1.29, 1.82) is 0 Å². The number of halogens is 1. The Morgan fingerprint density at radius 1 is 1.21 bits per heavy atom. The van der Waals surface area contributed by atoms with E-state index in [1.165, 1.54) is 24.3 Å². The lowest BCUT2D eigenvalue weighted by Gasteiger charge is -2.17. The maximum atomic E-state index is 13.3. The summed E-state index contributed by atoms with van der Waals surface area (Å²) in [6.07, 6.45) is 0.741. The van der Waals surface area contributed by atoms with Gasteiger partial charge in [0, 0.05) is 19.5 Å². The van der Waals surface area contributed by atoms with Gasteiger partial charge in [-0.3, -0.25) is 4.79 Å². The van der Waals surface area contributed by atoms with E-state index in [1.807, 2.05) is 6.07 Å². The summed E-state index contributed by atoms with van der Waals surface area (Å²) in [5, 5.41) is 8.89. The molecule has 0 saturated heterocycles. The molecule has 4 nitrogen and oxygen atoms in total. The number of rotatable bonds is 5. The molecule has 0 unspecified atom stereocenters. The van der Waals surface area contributed by atoms with E-state index >= 15 is 0 Å². The van der Waals surface area contributed by atoms with E-state index in [-0.39, 0.29) is 29.1 Å². The predicted octanol–water partition coefficient (Wildman–Crippen LogP) is 3.29. The molecule has 0 spiro atoms. The first kappa shape index (κ1) is 16.2. The minimum Gasteiger partial charge on any atom is -0.478 e. The zero-order chi connectivity index (χ0) is 17.3. The topological polar surface area (TPSA) is 57.6 Å². The molecule has 2 aromatic carbocycles. The highest BCUT2D eigenvalue weighted by molar-refractivity contribution is 5.87. The van der Waals surface area contributed by atoms with E-state index in [4.69, 9.17) is 5.11 Å². The average Bonchev–Trinajstić information content (AvgIpc) is 3.35. The number of hydrogen-bond donors (Lipinski definition) is 1. The third-order valence-corrected chi connectivity index (χ3v) is 4.38. The summed E-state index contributed by atoms with van der Waals surface area (Å²) in [7, 11) is 1.73. The first-order chi connectivity index (χ1) is 11.5. The molecule has 2 aromatic rings. The number of amides is 1. The molecule has 0 bridgehead atoms. The summed E-state index contributed by atoms with van der Waals surface area (Å²) in [6.45, 7) is 0.422. The van der Waals surface area contributed by atoms with Crippen molar-refractivity contribution in [2.24, 2.45) is 5.92 Å². The van der Waals surface area contributed by atoms with Crippen LogP contribution in [-0.4, -0.2) is 28.9 Å². The van der Waals surface area contributed by atoms with Crippen LogP contribution in [0.3, 0.4) is 0 Å². The highest BCUT2D eigenvalue weighted by Crippen LogP contribution is 2.48. The number of nitrogens with zero attached hydrogens (tertiary/aromatic N) is 1. The number of carboxylic acid groups (broad SMARTS) is 1. The van der Waals surface area contributed by atoms with Crippen LogP contribution in [0, 0.1) is 11.7 Å². The van der Waals surface area contributed by atoms with Crippen molar-refractivity contribution in [3.05, 3.63) is 71.0 Å². The largest absolute Gasteiger partial charge is 0.478 e. The lowest BCUT2D eigenvalue weighted by molar-refractivity contribution is -0.131. The molecule has 0 radical (unpaired) electrons. The highest BCUT2D eigenvalue weighted by Gasteiger charge is 2.45. The SMILES string of the molecule is CN(Cc1ccc(C(=O)O)cc1)C(=O)[C@H]1C[C@H]1c1cccc(F)c1. The molecule has 1 aliphatic rings. The van der Waals surface area contributed by atoms with Crippen molar-refractivity contribution in [2.75, 3.05) is 7.05 Å². The molecule has 0 aliphatic heterocycles. The fourth-order valence-corrected chi connectivity index (χ4v) is 2.96. The van der Waals surface area contributed by atoms with Crippen LogP contribution in [0.4, 0.5) is 4.39 Å². The Bertz CT molecular complexity index is 772. The van der Waals surface area contributed by atoms with Crippen LogP contribution in [0.1, 0.15) is 33.8 Å². The van der Waals surface area contributed by atoms with Gasteiger partial charge in [-0.2, -0.15) is 0 Å². The molecule has 124 valence electrons. The first-order valence-corrected chi connectivity index (χ1v) is 7.78. The second-order valence-corrected chi connectivity index (χ2v) is 6.20. The molecule has 2 atom stereocenters. The van der Waals surface area contributed by atoms with Gasteiger partial charge in [0.05, 0.1) is 5.56 Å². The summed E-state index contributed by atoms with van der Waals surface area (Å²) in [4.78, 5) is 25.0. The van der Waals surface area contributed by atoms with Crippen LogP contribution >= 0.6 is 0 Å². The van der Waals surface area contributed by atoms with E-state index in [0.29, 0.717) is 6.54 Å². The van der Waals surface area contributed by atoms with Gasteiger partial charge in [0.25, 0.3) is 0 Å². The van der Waals surface area contributed by atoms with Crippen LogP contribution in [0.25, 0.3) is 0 Å². The van der Waals surface area contributed by atoms with Crippen LogP contribution in [-0.2, 0) is 11.3 Å². The monoisotopic (exact) mass is 327 g/mol. The van der Waals surface area contributed by atoms with E-state index in [2.05, 4.69) is 0 Å².